The lowest BCUT2D eigenvalue weighted by molar-refractivity contribution is 0.0539. The summed E-state index contributed by atoms with van der Waals surface area (Å²) in [5.74, 6) is 0.704. The third-order valence-corrected chi connectivity index (χ3v) is 5.76. The molecular formula is C19H30N2. The number of piperidine rings is 2. The molecule has 0 bridgehead atoms. The third-order valence-electron chi connectivity index (χ3n) is 5.76. The zero-order chi connectivity index (χ0) is 14.7. The van der Waals surface area contributed by atoms with E-state index >= 15 is 0 Å². The Balaban J connectivity index is 1.77. The Bertz CT molecular complexity index is 443. The van der Waals surface area contributed by atoms with Crippen LogP contribution in [-0.2, 0) is 0 Å². The molecule has 2 heterocycles. The minimum absolute atomic E-state index is 0.546. The van der Waals surface area contributed by atoms with Gasteiger partial charge in [-0.2, -0.15) is 0 Å². The van der Waals surface area contributed by atoms with E-state index in [0.29, 0.717) is 11.3 Å². The first-order chi connectivity index (χ1) is 10.2. The number of rotatable bonds is 3. The topological polar surface area (TPSA) is 15.3 Å². The Labute approximate surface area is 129 Å². The van der Waals surface area contributed by atoms with Gasteiger partial charge in [0, 0.05) is 12.5 Å². The molecule has 1 aromatic rings. The SMILES string of the molecule is CCCN1CCC2(CCNCC2c2ccc(C)cc2)CC1. The molecule has 2 aliphatic rings. The molecule has 1 N–H and O–H groups in total. The largest absolute Gasteiger partial charge is 0.316 e. The van der Waals surface area contributed by atoms with Crippen molar-refractivity contribution in [3.63, 3.8) is 0 Å². The van der Waals surface area contributed by atoms with Crippen LogP contribution >= 0.6 is 0 Å². The number of nitrogens with zero attached hydrogens (tertiary/aromatic N) is 1. The zero-order valence-electron chi connectivity index (χ0n) is 13.7. The van der Waals surface area contributed by atoms with Gasteiger partial charge in [-0.05, 0) is 69.8 Å². The van der Waals surface area contributed by atoms with Crippen molar-refractivity contribution in [1.29, 1.82) is 0 Å². The van der Waals surface area contributed by atoms with Gasteiger partial charge in [-0.1, -0.05) is 36.8 Å². The monoisotopic (exact) mass is 286 g/mol. The van der Waals surface area contributed by atoms with E-state index in [9.17, 15) is 0 Å². The summed E-state index contributed by atoms with van der Waals surface area (Å²) in [4.78, 5) is 2.67. The molecule has 2 saturated heterocycles. The fraction of sp³-hybridized carbons (Fsp3) is 0.684. The second-order valence-electron chi connectivity index (χ2n) is 7.12. The molecule has 1 aromatic carbocycles. The molecule has 2 heteroatoms. The molecule has 2 nitrogen and oxygen atoms in total. The Morgan fingerprint density at radius 2 is 1.86 bits per heavy atom. The normalized spacial score (nSPS) is 26.1. The van der Waals surface area contributed by atoms with Crippen LogP contribution < -0.4 is 5.32 Å². The highest BCUT2D eigenvalue weighted by Crippen LogP contribution is 2.48. The molecule has 1 spiro atoms. The van der Waals surface area contributed by atoms with Gasteiger partial charge >= 0.3 is 0 Å². The Kier molecular flexibility index (Phi) is 4.66. The number of likely N-dealkylation sites (tertiary alicyclic amines) is 1. The van der Waals surface area contributed by atoms with Crippen LogP contribution in [0.3, 0.4) is 0 Å². The minimum atomic E-state index is 0.546. The summed E-state index contributed by atoms with van der Waals surface area (Å²) in [5.41, 5.74) is 3.47. The van der Waals surface area contributed by atoms with E-state index < -0.39 is 0 Å². The van der Waals surface area contributed by atoms with E-state index in [-0.39, 0.29) is 0 Å². The van der Waals surface area contributed by atoms with E-state index in [1.807, 2.05) is 0 Å². The number of benzene rings is 1. The van der Waals surface area contributed by atoms with Gasteiger partial charge < -0.3 is 10.2 Å². The van der Waals surface area contributed by atoms with E-state index in [2.05, 4.69) is 48.3 Å². The lowest BCUT2D eigenvalue weighted by Crippen LogP contribution is -2.50. The molecule has 0 aromatic heterocycles. The van der Waals surface area contributed by atoms with Crippen molar-refractivity contribution in [3.05, 3.63) is 35.4 Å². The first-order valence-electron chi connectivity index (χ1n) is 8.73. The quantitative estimate of drug-likeness (QED) is 0.914. The molecule has 3 rings (SSSR count). The van der Waals surface area contributed by atoms with Gasteiger partial charge in [0.25, 0.3) is 0 Å². The fourth-order valence-corrected chi connectivity index (χ4v) is 4.38. The zero-order valence-corrected chi connectivity index (χ0v) is 13.7. The number of hydrogen-bond acceptors (Lipinski definition) is 2. The second kappa shape index (κ2) is 6.50. The van der Waals surface area contributed by atoms with Gasteiger partial charge in [-0.3, -0.25) is 0 Å². The van der Waals surface area contributed by atoms with Crippen LogP contribution in [0.1, 0.15) is 49.7 Å². The molecule has 1 unspecified atom stereocenters. The van der Waals surface area contributed by atoms with Crippen molar-refractivity contribution in [2.45, 2.75) is 45.4 Å². The maximum Gasteiger partial charge on any atom is 0.00255 e. The van der Waals surface area contributed by atoms with Crippen molar-refractivity contribution in [2.24, 2.45) is 5.41 Å². The Morgan fingerprint density at radius 3 is 2.52 bits per heavy atom. The first-order valence-corrected chi connectivity index (χ1v) is 8.73. The summed E-state index contributed by atoms with van der Waals surface area (Å²) in [6, 6.07) is 9.30. The molecule has 0 radical (unpaired) electrons. The van der Waals surface area contributed by atoms with E-state index in [1.165, 1.54) is 57.4 Å². The van der Waals surface area contributed by atoms with Crippen LogP contribution in [0, 0.1) is 12.3 Å². The smallest absolute Gasteiger partial charge is 0.00255 e. The first kappa shape index (κ1) is 15.1. The van der Waals surface area contributed by atoms with E-state index in [1.54, 1.807) is 5.56 Å². The number of hydrogen-bond donors (Lipinski definition) is 1. The summed E-state index contributed by atoms with van der Waals surface area (Å²) in [5, 5.41) is 3.64. The summed E-state index contributed by atoms with van der Waals surface area (Å²) in [7, 11) is 0. The van der Waals surface area contributed by atoms with Crippen molar-refractivity contribution in [3.8, 4) is 0 Å². The van der Waals surface area contributed by atoms with Gasteiger partial charge in [-0.15, -0.1) is 0 Å². The molecule has 116 valence electrons. The number of aryl methyl sites for hydroxylation is 1. The highest BCUT2D eigenvalue weighted by Gasteiger charge is 2.43. The molecule has 1 atom stereocenters. The summed E-state index contributed by atoms with van der Waals surface area (Å²) in [6.45, 7) is 10.7. The summed E-state index contributed by atoms with van der Waals surface area (Å²) >= 11 is 0. The summed E-state index contributed by atoms with van der Waals surface area (Å²) < 4.78 is 0. The van der Waals surface area contributed by atoms with Crippen LogP contribution in [0.4, 0.5) is 0 Å². The molecule has 0 amide bonds. The summed E-state index contributed by atoms with van der Waals surface area (Å²) in [6.07, 6.45) is 5.40. The van der Waals surface area contributed by atoms with E-state index in [0.717, 1.165) is 6.54 Å². The lowest BCUT2D eigenvalue weighted by atomic mass is 9.62. The van der Waals surface area contributed by atoms with Crippen LogP contribution in [-0.4, -0.2) is 37.6 Å². The van der Waals surface area contributed by atoms with Crippen LogP contribution in [0.5, 0.6) is 0 Å². The Morgan fingerprint density at radius 1 is 1.14 bits per heavy atom. The average Bonchev–Trinajstić information content (AvgIpc) is 2.52. The average molecular weight is 286 g/mol. The maximum absolute atomic E-state index is 3.64. The fourth-order valence-electron chi connectivity index (χ4n) is 4.38. The predicted molar refractivity (Wildman–Crippen MR) is 89.8 cm³/mol. The maximum atomic E-state index is 3.64. The van der Waals surface area contributed by atoms with Crippen LogP contribution in [0.15, 0.2) is 24.3 Å². The van der Waals surface area contributed by atoms with Crippen molar-refractivity contribution >= 4 is 0 Å². The van der Waals surface area contributed by atoms with Gasteiger partial charge in [-0.25, -0.2) is 0 Å². The van der Waals surface area contributed by atoms with Gasteiger partial charge in [0.05, 0.1) is 0 Å². The second-order valence-corrected chi connectivity index (χ2v) is 7.12. The standard InChI is InChI=1S/C19H30N2/c1-3-12-21-13-9-19(10-14-21)8-11-20-15-18(19)17-6-4-16(2)5-7-17/h4-7,18,20H,3,8-15H2,1-2H3. The van der Waals surface area contributed by atoms with Crippen molar-refractivity contribution < 1.29 is 0 Å². The molecule has 0 saturated carbocycles. The van der Waals surface area contributed by atoms with E-state index in [4.69, 9.17) is 0 Å². The highest BCUT2D eigenvalue weighted by molar-refractivity contribution is 5.27. The van der Waals surface area contributed by atoms with Gasteiger partial charge in [0.1, 0.15) is 0 Å². The number of nitrogens with one attached hydrogen (secondary N) is 1. The molecule has 2 aliphatic heterocycles. The third kappa shape index (κ3) is 3.17. The molecule has 0 aliphatic carbocycles. The minimum Gasteiger partial charge on any atom is -0.316 e. The molecular weight excluding hydrogens is 256 g/mol. The van der Waals surface area contributed by atoms with Crippen LogP contribution in [0.2, 0.25) is 0 Å². The van der Waals surface area contributed by atoms with Crippen LogP contribution in [0.25, 0.3) is 0 Å². The lowest BCUT2D eigenvalue weighted by Gasteiger charge is -2.50. The van der Waals surface area contributed by atoms with Gasteiger partial charge in [0.2, 0.25) is 0 Å². The molecule has 21 heavy (non-hydrogen) atoms. The van der Waals surface area contributed by atoms with Gasteiger partial charge in [0.15, 0.2) is 0 Å². The Hall–Kier alpha value is -0.860. The predicted octanol–water partition coefficient (Wildman–Crippen LogP) is 3.56. The molecule has 2 fully saturated rings. The van der Waals surface area contributed by atoms with Crippen molar-refractivity contribution in [1.82, 2.24) is 10.2 Å². The highest BCUT2D eigenvalue weighted by atomic mass is 15.1. The van der Waals surface area contributed by atoms with Crippen molar-refractivity contribution in [2.75, 3.05) is 32.7 Å².